The summed E-state index contributed by atoms with van der Waals surface area (Å²) in [5.41, 5.74) is 2.10. The van der Waals surface area contributed by atoms with Crippen molar-refractivity contribution < 1.29 is 0 Å². The highest BCUT2D eigenvalue weighted by Gasteiger charge is 1.93. The maximum atomic E-state index is 3.78. The van der Waals surface area contributed by atoms with Crippen molar-refractivity contribution in [2.45, 2.75) is 6.92 Å². The molecule has 0 bridgehead atoms. The lowest BCUT2D eigenvalue weighted by Gasteiger charge is -2.00. The molecule has 0 aliphatic carbocycles. The molecule has 0 rings (SSSR count). The van der Waals surface area contributed by atoms with Crippen LogP contribution < -0.4 is 0 Å². The molecule has 0 fully saturated rings. The monoisotopic (exact) mass is 198 g/mol. The third-order valence-corrected chi connectivity index (χ3v) is 1.76. The minimum absolute atomic E-state index is 1.04. The second kappa shape index (κ2) is 8.76. The van der Waals surface area contributed by atoms with Gasteiger partial charge in [-0.25, -0.2) is 0 Å². The van der Waals surface area contributed by atoms with E-state index in [1.54, 1.807) is 6.08 Å². The van der Waals surface area contributed by atoms with Crippen LogP contribution in [0.2, 0.25) is 0 Å². The minimum Gasteiger partial charge on any atom is -0.0991 e. The predicted octanol–water partition coefficient (Wildman–Crippen LogP) is 4.53. The highest BCUT2D eigenvalue weighted by atomic mass is 14.0. The van der Waals surface area contributed by atoms with Gasteiger partial charge in [0.15, 0.2) is 0 Å². The van der Waals surface area contributed by atoms with Crippen LogP contribution in [0.5, 0.6) is 0 Å². The molecule has 0 nitrogen and oxygen atoms in total. The van der Waals surface area contributed by atoms with Gasteiger partial charge in [-0.3, -0.25) is 0 Å². The molecule has 0 aromatic rings. The summed E-state index contributed by atoms with van der Waals surface area (Å²) in [6, 6.07) is 0. The Bertz CT molecular complexity index is 333. The second-order valence-corrected chi connectivity index (χ2v) is 2.80. The number of hydrogen-bond acceptors (Lipinski definition) is 0. The van der Waals surface area contributed by atoms with Crippen molar-refractivity contribution in [3.8, 4) is 0 Å². The topological polar surface area (TPSA) is 0 Å². The average Bonchev–Trinajstić information content (AvgIpc) is 2.27. The molecule has 0 aliphatic rings. The van der Waals surface area contributed by atoms with Crippen molar-refractivity contribution in [1.29, 1.82) is 0 Å². The molecule has 0 atom stereocenters. The third kappa shape index (κ3) is 5.48. The van der Waals surface area contributed by atoms with Gasteiger partial charge in [-0.05, 0) is 18.1 Å². The molecular formula is C15H18. The molecule has 0 N–H and O–H groups in total. The van der Waals surface area contributed by atoms with Gasteiger partial charge in [0.05, 0.1) is 0 Å². The van der Waals surface area contributed by atoms with Gasteiger partial charge in [0.1, 0.15) is 0 Å². The SMILES string of the molecule is C=C\C=C/C=C(C=C)/C(C=C)=C/C=C\C. The first-order valence-electron chi connectivity index (χ1n) is 4.87. The first-order chi connectivity index (χ1) is 7.29. The van der Waals surface area contributed by atoms with Gasteiger partial charge in [0.2, 0.25) is 0 Å². The maximum Gasteiger partial charge on any atom is -0.0190 e. The van der Waals surface area contributed by atoms with E-state index in [-0.39, 0.29) is 0 Å². The van der Waals surface area contributed by atoms with Gasteiger partial charge < -0.3 is 0 Å². The highest BCUT2D eigenvalue weighted by Crippen LogP contribution is 2.12. The van der Waals surface area contributed by atoms with Crippen LogP contribution in [0.1, 0.15) is 6.92 Å². The molecule has 0 saturated heterocycles. The Hall–Kier alpha value is -1.82. The number of rotatable bonds is 6. The van der Waals surface area contributed by atoms with Gasteiger partial charge in [-0.2, -0.15) is 0 Å². The third-order valence-electron chi connectivity index (χ3n) is 1.76. The van der Waals surface area contributed by atoms with Crippen LogP contribution in [0.25, 0.3) is 0 Å². The van der Waals surface area contributed by atoms with Crippen LogP contribution in [0.4, 0.5) is 0 Å². The Labute approximate surface area is 93.0 Å². The van der Waals surface area contributed by atoms with Crippen molar-refractivity contribution in [3.63, 3.8) is 0 Å². The second-order valence-electron chi connectivity index (χ2n) is 2.80. The minimum atomic E-state index is 1.04. The first kappa shape index (κ1) is 13.2. The fraction of sp³-hybridized carbons (Fsp3) is 0.0667. The van der Waals surface area contributed by atoms with Gasteiger partial charge in [0, 0.05) is 0 Å². The average molecular weight is 198 g/mol. The van der Waals surface area contributed by atoms with E-state index in [2.05, 4.69) is 19.7 Å². The zero-order valence-electron chi connectivity index (χ0n) is 9.32. The lowest BCUT2D eigenvalue weighted by atomic mass is 10.1. The summed E-state index contributed by atoms with van der Waals surface area (Å²) in [6.07, 6.45) is 17.1. The van der Waals surface area contributed by atoms with Crippen LogP contribution in [-0.2, 0) is 0 Å². The summed E-state index contributed by atoms with van der Waals surface area (Å²) in [5, 5.41) is 0. The molecule has 78 valence electrons. The van der Waals surface area contributed by atoms with Gasteiger partial charge >= 0.3 is 0 Å². The Morgan fingerprint density at radius 3 is 1.73 bits per heavy atom. The molecule has 0 heteroatoms. The molecule has 15 heavy (non-hydrogen) atoms. The quantitative estimate of drug-likeness (QED) is 0.550. The Morgan fingerprint density at radius 2 is 1.33 bits per heavy atom. The Balaban J connectivity index is 4.99. The lowest BCUT2D eigenvalue weighted by Crippen LogP contribution is -1.80. The van der Waals surface area contributed by atoms with E-state index in [0.29, 0.717) is 0 Å². The molecular weight excluding hydrogens is 180 g/mol. The number of allylic oxidation sites excluding steroid dienone is 11. The molecule has 0 saturated carbocycles. The van der Waals surface area contributed by atoms with E-state index in [9.17, 15) is 0 Å². The van der Waals surface area contributed by atoms with Crippen LogP contribution in [0.15, 0.2) is 85.6 Å². The Kier molecular flexibility index (Phi) is 7.70. The lowest BCUT2D eigenvalue weighted by molar-refractivity contribution is 1.55. The molecule has 0 radical (unpaired) electrons. The van der Waals surface area contributed by atoms with E-state index in [4.69, 9.17) is 0 Å². The van der Waals surface area contributed by atoms with E-state index >= 15 is 0 Å². The van der Waals surface area contributed by atoms with Crippen molar-refractivity contribution in [2.75, 3.05) is 0 Å². The van der Waals surface area contributed by atoms with Crippen LogP contribution >= 0.6 is 0 Å². The van der Waals surface area contributed by atoms with Crippen molar-refractivity contribution >= 4 is 0 Å². The fourth-order valence-corrected chi connectivity index (χ4v) is 1.00. The van der Waals surface area contributed by atoms with Crippen molar-refractivity contribution in [3.05, 3.63) is 85.6 Å². The largest absolute Gasteiger partial charge is 0.0991 e. The van der Waals surface area contributed by atoms with E-state index in [1.165, 1.54) is 0 Å². The molecule has 0 spiro atoms. The van der Waals surface area contributed by atoms with Gasteiger partial charge in [-0.15, -0.1) is 0 Å². The summed E-state index contributed by atoms with van der Waals surface area (Å²) in [5.74, 6) is 0. The van der Waals surface area contributed by atoms with Crippen LogP contribution in [-0.4, -0.2) is 0 Å². The van der Waals surface area contributed by atoms with Gasteiger partial charge in [-0.1, -0.05) is 74.4 Å². The summed E-state index contributed by atoms with van der Waals surface area (Å²) >= 11 is 0. The van der Waals surface area contributed by atoms with Crippen LogP contribution in [0.3, 0.4) is 0 Å². The maximum absolute atomic E-state index is 3.78. The van der Waals surface area contributed by atoms with Crippen molar-refractivity contribution in [2.24, 2.45) is 0 Å². The van der Waals surface area contributed by atoms with Crippen LogP contribution in [0, 0.1) is 0 Å². The zero-order valence-corrected chi connectivity index (χ0v) is 9.32. The summed E-state index contributed by atoms with van der Waals surface area (Å²) in [6.45, 7) is 13.1. The summed E-state index contributed by atoms with van der Waals surface area (Å²) < 4.78 is 0. The fourth-order valence-electron chi connectivity index (χ4n) is 1.00. The van der Waals surface area contributed by atoms with Gasteiger partial charge in [0.25, 0.3) is 0 Å². The van der Waals surface area contributed by atoms with E-state index in [0.717, 1.165) is 11.1 Å². The molecule has 0 heterocycles. The summed E-state index contributed by atoms with van der Waals surface area (Å²) in [4.78, 5) is 0. The molecule has 0 aliphatic heterocycles. The smallest absolute Gasteiger partial charge is 0.0190 e. The highest BCUT2D eigenvalue weighted by molar-refractivity contribution is 5.48. The molecule has 0 aromatic heterocycles. The van der Waals surface area contributed by atoms with E-state index in [1.807, 2.05) is 55.5 Å². The molecule has 0 unspecified atom stereocenters. The Morgan fingerprint density at radius 1 is 0.800 bits per heavy atom. The normalized spacial score (nSPS) is 13.4. The predicted molar refractivity (Wildman–Crippen MR) is 70.7 cm³/mol. The van der Waals surface area contributed by atoms with E-state index < -0.39 is 0 Å². The standard InChI is InChI=1S/C15H18/c1-5-9-11-13-15(8-4)14(7-3)12-10-6-2/h5-13H,1,3-4H2,2H3/b10-6-,11-9-,14-12+,15-13+. The summed E-state index contributed by atoms with van der Waals surface area (Å²) in [7, 11) is 0. The first-order valence-corrected chi connectivity index (χ1v) is 4.87. The van der Waals surface area contributed by atoms with Crippen molar-refractivity contribution in [1.82, 2.24) is 0 Å². The zero-order chi connectivity index (χ0) is 11.5. The molecule has 0 aromatic carbocycles. The number of hydrogen-bond donors (Lipinski definition) is 0. The molecule has 0 amide bonds.